The third-order valence-corrected chi connectivity index (χ3v) is 4.95. The summed E-state index contributed by atoms with van der Waals surface area (Å²) in [4.78, 5) is 17.9. The zero-order chi connectivity index (χ0) is 21.3. The number of methoxy groups -OCH3 is 2. The molecular weight excluding hydrogens is 392 g/mol. The second-order valence-corrected chi connectivity index (χ2v) is 7.72. The molecule has 0 bridgehead atoms. The van der Waals surface area contributed by atoms with Crippen LogP contribution >= 0.6 is 11.6 Å². The van der Waals surface area contributed by atoms with E-state index < -0.39 is 0 Å². The largest absolute Gasteiger partial charge is 0.493 e. The minimum absolute atomic E-state index is 0.124. The van der Waals surface area contributed by atoms with Crippen LogP contribution < -0.4 is 14.8 Å². The zero-order valence-corrected chi connectivity index (χ0v) is 18.2. The number of nitrogens with one attached hydrogen (secondary N) is 1. The number of amides is 1. The van der Waals surface area contributed by atoms with Crippen molar-refractivity contribution in [3.8, 4) is 11.5 Å². The lowest BCUT2D eigenvalue weighted by Gasteiger charge is -2.14. The van der Waals surface area contributed by atoms with Crippen molar-refractivity contribution in [1.29, 1.82) is 0 Å². The number of hydrogen-bond acceptors (Lipinski definition) is 5. The number of fused-ring (bicyclic) bond motifs is 1. The summed E-state index contributed by atoms with van der Waals surface area (Å²) in [6, 6.07) is 5.18. The fraction of sp³-hybridized carbons (Fsp3) is 0.381. The molecule has 0 unspecified atom stereocenters. The first-order valence-corrected chi connectivity index (χ1v) is 9.75. The molecule has 7 nitrogen and oxygen atoms in total. The molecule has 1 N–H and O–H groups in total. The molecule has 0 radical (unpaired) electrons. The van der Waals surface area contributed by atoms with E-state index in [0.29, 0.717) is 38.8 Å². The van der Waals surface area contributed by atoms with E-state index in [1.165, 1.54) is 14.2 Å². The summed E-state index contributed by atoms with van der Waals surface area (Å²) in [5.41, 5.74) is 2.44. The van der Waals surface area contributed by atoms with E-state index in [2.05, 4.69) is 10.4 Å². The smallest absolute Gasteiger partial charge is 0.256 e. The van der Waals surface area contributed by atoms with Gasteiger partial charge >= 0.3 is 0 Å². The van der Waals surface area contributed by atoms with Gasteiger partial charge in [-0.15, -0.1) is 0 Å². The second-order valence-electron chi connectivity index (χ2n) is 7.31. The quantitative estimate of drug-likeness (QED) is 0.607. The maximum Gasteiger partial charge on any atom is 0.256 e. The van der Waals surface area contributed by atoms with Crippen molar-refractivity contribution in [2.24, 2.45) is 0 Å². The highest BCUT2D eigenvalue weighted by atomic mass is 35.5. The van der Waals surface area contributed by atoms with Gasteiger partial charge in [-0.1, -0.05) is 25.4 Å². The van der Waals surface area contributed by atoms with Crippen LogP contribution in [0.3, 0.4) is 0 Å². The highest BCUT2D eigenvalue weighted by Crippen LogP contribution is 2.36. The number of benzene rings is 1. The lowest BCUT2D eigenvalue weighted by Crippen LogP contribution is -2.14. The van der Waals surface area contributed by atoms with Crippen molar-refractivity contribution < 1.29 is 14.3 Å². The average molecular weight is 417 g/mol. The van der Waals surface area contributed by atoms with Crippen LogP contribution in [0.1, 0.15) is 55.7 Å². The third kappa shape index (κ3) is 4.00. The van der Waals surface area contributed by atoms with Gasteiger partial charge in [-0.2, -0.15) is 5.10 Å². The van der Waals surface area contributed by atoms with Crippen molar-refractivity contribution in [1.82, 2.24) is 14.8 Å². The van der Waals surface area contributed by atoms with Crippen molar-refractivity contribution in [2.45, 2.75) is 39.7 Å². The maximum atomic E-state index is 13.2. The SMILES string of the molecule is COc1cc(Cl)c(NC(=O)c2cc(C(C)C)nc3c2cnn3C(C)C)cc1OC. The van der Waals surface area contributed by atoms with Crippen molar-refractivity contribution in [2.75, 3.05) is 19.5 Å². The highest BCUT2D eigenvalue weighted by Gasteiger charge is 2.20. The number of rotatable bonds is 6. The van der Waals surface area contributed by atoms with Crippen LogP contribution in [0.4, 0.5) is 5.69 Å². The summed E-state index contributed by atoms with van der Waals surface area (Å²) < 4.78 is 12.4. The monoisotopic (exact) mass is 416 g/mol. The average Bonchev–Trinajstić information content (AvgIpc) is 3.12. The number of nitrogens with zero attached hydrogens (tertiary/aromatic N) is 3. The van der Waals surface area contributed by atoms with Crippen LogP contribution in [0, 0.1) is 0 Å². The number of carbonyl (C=O) groups excluding carboxylic acids is 1. The molecule has 1 amide bonds. The van der Waals surface area contributed by atoms with Crippen LogP contribution in [0.25, 0.3) is 11.0 Å². The van der Waals surface area contributed by atoms with E-state index in [1.807, 2.05) is 38.4 Å². The Morgan fingerprint density at radius 2 is 1.76 bits per heavy atom. The zero-order valence-electron chi connectivity index (χ0n) is 17.4. The Bertz CT molecular complexity index is 1060. The molecular formula is C21H25ClN4O3. The van der Waals surface area contributed by atoms with Crippen molar-refractivity contribution >= 4 is 34.2 Å². The van der Waals surface area contributed by atoms with Gasteiger partial charge in [-0.3, -0.25) is 4.79 Å². The van der Waals surface area contributed by atoms with Crippen LogP contribution in [0.5, 0.6) is 11.5 Å². The van der Waals surface area contributed by atoms with Crippen LogP contribution in [0.2, 0.25) is 5.02 Å². The van der Waals surface area contributed by atoms with Gasteiger partial charge in [-0.25, -0.2) is 9.67 Å². The van der Waals surface area contributed by atoms with E-state index in [4.69, 9.17) is 26.1 Å². The standard InChI is InChI=1S/C21H25ClN4O3/c1-11(2)16-7-13(14-10-23-26(12(3)4)20(14)24-16)21(27)25-17-9-19(29-6)18(28-5)8-15(17)22/h7-12H,1-6H3,(H,25,27). The summed E-state index contributed by atoms with van der Waals surface area (Å²) in [7, 11) is 3.05. The van der Waals surface area contributed by atoms with Gasteiger partial charge in [0, 0.05) is 23.9 Å². The van der Waals surface area contributed by atoms with Crippen LogP contribution in [0.15, 0.2) is 24.4 Å². The molecule has 3 aromatic rings. The Kier molecular flexibility index (Phi) is 5.98. The molecule has 0 aliphatic carbocycles. The van der Waals surface area contributed by atoms with E-state index >= 15 is 0 Å². The molecule has 2 aromatic heterocycles. The molecule has 29 heavy (non-hydrogen) atoms. The Morgan fingerprint density at radius 1 is 1.10 bits per heavy atom. The Hall–Kier alpha value is -2.80. The minimum atomic E-state index is -0.295. The summed E-state index contributed by atoms with van der Waals surface area (Å²) >= 11 is 6.34. The highest BCUT2D eigenvalue weighted by molar-refractivity contribution is 6.34. The Labute approximate surface area is 175 Å². The number of ether oxygens (including phenoxy) is 2. The fourth-order valence-electron chi connectivity index (χ4n) is 3.04. The van der Waals surface area contributed by atoms with Gasteiger partial charge in [0.15, 0.2) is 17.1 Å². The number of carbonyl (C=O) groups is 1. The summed E-state index contributed by atoms with van der Waals surface area (Å²) in [5.74, 6) is 0.826. The molecule has 0 atom stereocenters. The number of aromatic nitrogens is 3. The van der Waals surface area contributed by atoms with Crippen molar-refractivity contribution in [3.63, 3.8) is 0 Å². The Balaban J connectivity index is 2.08. The van der Waals surface area contributed by atoms with Gasteiger partial charge in [0.25, 0.3) is 5.91 Å². The Morgan fingerprint density at radius 3 is 2.34 bits per heavy atom. The van der Waals surface area contributed by atoms with Gasteiger partial charge in [0.05, 0.1) is 42.1 Å². The van der Waals surface area contributed by atoms with Crippen molar-refractivity contribution in [3.05, 3.63) is 40.7 Å². The molecule has 0 saturated heterocycles. The molecule has 8 heteroatoms. The molecule has 0 saturated carbocycles. The number of pyridine rings is 1. The molecule has 0 fully saturated rings. The van der Waals surface area contributed by atoms with Gasteiger partial charge in [0.2, 0.25) is 0 Å². The second kappa shape index (κ2) is 8.29. The van der Waals surface area contributed by atoms with Gasteiger partial charge in [0.1, 0.15) is 0 Å². The molecule has 0 spiro atoms. The van der Waals surface area contributed by atoms with Crippen LogP contribution in [-0.2, 0) is 0 Å². The molecule has 154 valence electrons. The topological polar surface area (TPSA) is 78.3 Å². The predicted molar refractivity (Wildman–Crippen MR) is 115 cm³/mol. The lowest BCUT2D eigenvalue weighted by atomic mass is 10.0. The predicted octanol–water partition coefficient (Wildman–Crippen LogP) is 5.06. The summed E-state index contributed by atoms with van der Waals surface area (Å²) in [5, 5.41) is 8.34. The fourth-order valence-corrected chi connectivity index (χ4v) is 3.24. The van der Waals surface area contributed by atoms with E-state index in [-0.39, 0.29) is 17.9 Å². The first kappa shape index (κ1) is 20.9. The molecule has 0 aliphatic rings. The molecule has 2 heterocycles. The minimum Gasteiger partial charge on any atom is -0.493 e. The lowest BCUT2D eigenvalue weighted by molar-refractivity contribution is 0.102. The molecule has 1 aromatic carbocycles. The van der Waals surface area contributed by atoms with E-state index in [0.717, 1.165) is 5.69 Å². The number of halogens is 1. The summed E-state index contributed by atoms with van der Waals surface area (Å²) in [6.07, 6.45) is 1.68. The number of anilines is 1. The number of hydrogen-bond donors (Lipinski definition) is 1. The molecule has 0 aliphatic heterocycles. The molecule has 3 rings (SSSR count). The maximum absolute atomic E-state index is 13.2. The van der Waals surface area contributed by atoms with Gasteiger partial charge in [-0.05, 0) is 25.8 Å². The van der Waals surface area contributed by atoms with Crippen LogP contribution in [-0.4, -0.2) is 34.9 Å². The normalized spacial score (nSPS) is 11.3. The van der Waals surface area contributed by atoms with Gasteiger partial charge < -0.3 is 14.8 Å². The van der Waals surface area contributed by atoms with E-state index in [1.54, 1.807) is 18.3 Å². The summed E-state index contributed by atoms with van der Waals surface area (Å²) in [6.45, 7) is 8.13. The van der Waals surface area contributed by atoms with E-state index in [9.17, 15) is 4.79 Å². The first-order chi connectivity index (χ1) is 13.8. The third-order valence-electron chi connectivity index (χ3n) is 4.63. The first-order valence-electron chi connectivity index (χ1n) is 9.37.